The van der Waals surface area contributed by atoms with Crippen molar-refractivity contribution in [3.05, 3.63) is 23.9 Å². The number of nitrogens with zero attached hydrogens (tertiary/aromatic N) is 1. The van der Waals surface area contributed by atoms with E-state index in [1.807, 2.05) is 0 Å². The van der Waals surface area contributed by atoms with Crippen molar-refractivity contribution in [3.63, 3.8) is 0 Å². The summed E-state index contributed by atoms with van der Waals surface area (Å²) in [6.45, 7) is 2.12. The van der Waals surface area contributed by atoms with E-state index >= 15 is 0 Å². The Hall–Kier alpha value is -0.960. The Morgan fingerprint density at radius 2 is 2.31 bits per heavy atom. The second-order valence-corrected chi connectivity index (χ2v) is 3.82. The van der Waals surface area contributed by atoms with E-state index in [4.69, 9.17) is 0 Å². The molecule has 0 aliphatic rings. The number of aromatic nitrogens is 2. The average molecular weight is 192 g/mol. The summed E-state index contributed by atoms with van der Waals surface area (Å²) >= 11 is 1.75. The van der Waals surface area contributed by atoms with Gasteiger partial charge in [-0.3, -0.25) is 5.10 Å². The quantitative estimate of drug-likeness (QED) is 0.741. The zero-order chi connectivity index (χ0) is 9.26. The summed E-state index contributed by atoms with van der Waals surface area (Å²) in [6, 6.07) is 6.43. The monoisotopic (exact) mass is 192 g/mol. The number of benzene rings is 1. The number of fused-ring (bicyclic) bond motifs is 1. The third-order valence-electron chi connectivity index (χ3n) is 2.18. The molecule has 1 aromatic heterocycles. The lowest BCUT2D eigenvalue weighted by Crippen LogP contribution is -1.78. The van der Waals surface area contributed by atoms with E-state index in [1.165, 1.54) is 10.3 Å². The fourth-order valence-corrected chi connectivity index (χ4v) is 1.89. The molecule has 0 spiro atoms. The molecule has 0 atom stereocenters. The van der Waals surface area contributed by atoms with Crippen LogP contribution in [0.1, 0.15) is 12.6 Å². The van der Waals surface area contributed by atoms with Crippen molar-refractivity contribution in [2.24, 2.45) is 0 Å². The van der Waals surface area contributed by atoms with Gasteiger partial charge in [0.2, 0.25) is 0 Å². The number of nitrogens with one attached hydrogen (secondary N) is 1. The van der Waals surface area contributed by atoms with Crippen molar-refractivity contribution in [1.82, 2.24) is 10.2 Å². The molecule has 2 aromatic rings. The number of aryl methyl sites for hydroxylation is 1. The highest BCUT2D eigenvalue weighted by atomic mass is 32.2. The molecule has 0 fully saturated rings. The minimum atomic E-state index is 0.985. The second-order valence-electron chi connectivity index (χ2n) is 2.94. The van der Waals surface area contributed by atoms with Gasteiger partial charge < -0.3 is 0 Å². The van der Waals surface area contributed by atoms with Gasteiger partial charge in [-0.2, -0.15) is 5.10 Å². The van der Waals surface area contributed by atoms with Gasteiger partial charge in [0.15, 0.2) is 0 Å². The predicted molar refractivity (Wildman–Crippen MR) is 57.3 cm³/mol. The largest absolute Gasteiger partial charge is 0.278 e. The van der Waals surface area contributed by atoms with E-state index in [9.17, 15) is 0 Å². The van der Waals surface area contributed by atoms with Crippen LogP contribution in [0.15, 0.2) is 23.1 Å². The maximum Gasteiger partial charge on any atom is 0.0698 e. The van der Waals surface area contributed by atoms with E-state index in [1.54, 1.807) is 11.8 Å². The summed E-state index contributed by atoms with van der Waals surface area (Å²) in [7, 11) is 0. The molecule has 1 N–H and O–H groups in total. The van der Waals surface area contributed by atoms with Gasteiger partial charge in [0.25, 0.3) is 0 Å². The summed E-state index contributed by atoms with van der Waals surface area (Å²) in [4.78, 5) is 1.28. The molecule has 1 aromatic carbocycles. The zero-order valence-electron chi connectivity index (χ0n) is 7.79. The van der Waals surface area contributed by atoms with Crippen LogP contribution in [-0.2, 0) is 6.42 Å². The normalized spacial score (nSPS) is 10.9. The Bertz CT molecular complexity index is 420. The van der Waals surface area contributed by atoms with Gasteiger partial charge in [0.1, 0.15) is 0 Å². The molecular weight excluding hydrogens is 180 g/mol. The van der Waals surface area contributed by atoms with Crippen LogP contribution in [0, 0.1) is 0 Å². The Morgan fingerprint density at radius 3 is 3.00 bits per heavy atom. The first-order valence-corrected chi connectivity index (χ1v) is 5.58. The molecule has 3 heteroatoms. The van der Waals surface area contributed by atoms with Crippen molar-refractivity contribution in [3.8, 4) is 0 Å². The molecule has 1 heterocycles. The molecule has 0 aliphatic heterocycles. The minimum absolute atomic E-state index is 0.985. The molecule has 2 nitrogen and oxygen atoms in total. The smallest absolute Gasteiger partial charge is 0.0698 e. The first kappa shape index (κ1) is 8.63. The van der Waals surface area contributed by atoms with Crippen LogP contribution in [0.25, 0.3) is 10.9 Å². The fraction of sp³-hybridized carbons (Fsp3) is 0.300. The summed E-state index contributed by atoms with van der Waals surface area (Å²) in [5, 5.41) is 8.56. The topological polar surface area (TPSA) is 28.7 Å². The van der Waals surface area contributed by atoms with Crippen molar-refractivity contribution < 1.29 is 0 Å². The summed E-state index contributed by atoms with van der Waals surface area (Å²) in [6.07, 6.45) is 3.07. The van der Waals surface area contributed by atoms with Crippen molar-refractivity contribution in [2.75, 3.05) is 6.26 Å². The van der Waals surface area contributed by atoms with Crippen LogP contribution in [0.4, 0.5) is 0 Å². The third kappa shape index (κ3) is 1.44. The molecular formula is C10H12N2S. The van der Waals surface area contributed by atoms with Gasteiger partial charge in [0.05, 0.1) is 11.2 Å². The average Bonchev–Trinajstić information content (AvgIpc) is 2.59. The predicted octanol–water partition coefficient (Wildman–Crippen LogP) is 2.85. The lowest BCUT2D eigenvalue weighted by molar-refractivity contribution is 0.988. The van der Waals surface area contributed by atoms with Crippen LogP contribution in [0.5, 0.6) is 0 Å². The molecule has 0 unspecified atom stereocenters. The number of hydrogen-bond acceptors (Lipinski definition) is 2. The molecule has 0 saturated heterocycles. The Kier molecular flexibility index (Phi) is 2.27. The molecule has 2 rings (SSSR count). The van der Waals surface area contributed by atoms with E-state index in [-0.39, 0.29) is 0 Å². The SMILES string of the molecule is CCc1n[nH]c2cc(SC)ccc12. The summed E-state index contributed by atoms with van der Waals surface area (Å²) in [5.41, 5.74) is 2.30. The Balaban J connectivity index is 2.61. The van der Waals surface area contributed by atoms with E-state index in [0.717, 1.165) is 17.6 Å². The van der Waals surface area contributed by atoms with Crippen LogP contribution < -0.4 is 0 Å². The first-order valence-electron chi connectivity index (χ1n) is 4.36. The Morgan fingerprint density at radius 1 is 1.46 bits per heavy atom. The number of rotatable bonds is 2. The van der Waals surface area contributed by atoms with Crippen molar-refractivity contribution in [2.45, 2.75) is 18.2 Å². The van der Waals surface area contributed by atoms with Crippen molar-refractivity contribution >= 4 is 22.7 Å². The molecule has 0 amide bonds. The summed E-state index contributed by atoms with van der Waals surface area (Å²) in [5.74, 6) is 0. The van der Waals surface area contributed by atoms with Crippen LogP contribution in [0.2, 0.25) is 0 Å². The molecule has 68 valence electrons. The van der Waals surface area contributed by atoms with Gasteiger partial charge >= 0.3 is 0 Å². The van der Waals surface area contributed by atoms with Gasteiger partial charge in [-0.05, 0) is 30.9 Å². The minimum Gasteiger partial charge on any atom is -0.278 e. The fourth-order valence-electron chi connectivity index (χ4n) is 1.45. The van der Waals surface area contributed by atoms with Crippen molar-refractivity contribution in [1.29, 1.82) is 0 Å². The lowest BCUT2D eigenvalue weighted by atomic mass is 10.2. The molecule has 0 saturated carbocycles. The van der Waals surface area contributed by atoms with Crippen LogP contribution >= 0.6 is 11.8 Å². The molecule has 0 radical (unpaired) electrons. The number of aromatic amines is 1. The molecule has 13 heavy (non-hydrogen) atoms. The first-order chi connectivity index (χ1) is 6.35. The van der Waals surface area contributed by atoms with Gasteiger partial charge in [-0.15, -0.1) is 11.8 Å². The second kappa shape index (κ2) is 3.42. The van der Waals surface area contributed by atoms with Crippen LogP contribution in [0.3, 0.4) is 0 Å². The maximum atomic E-state index is 4.25. The van der Waals surface area contributed by atoms with Gasteiger partial charge in [-0.25, -0.2) is 0 Å². The summed E-state index contributed by atoms with van der Waals surface area (Å²) < 4.78 is 0. The number of hydrogen-bond donors (Lipinski definition) is 1. The van der Waals surface area contributed by atoms with E-state index in [2.05, 4.69) is 41.6 Å². The highest BCUT2D eigenvalue weighted by Gasteiger charge is 2.03. The highest BCUT2D eigenvalue weighted by molar-refractivity contribution is 7.98. The van der Waals surface area contributed by atoms with Gasteiger partial charge in [0, 0.05) is 10.3 Å². The molecule has 0 aliphatic carbocycles. The maximum absolute atomic E-state index is 4.25. The number of thioether (sulfide) groups is 1. The lowest BCUT2D eigenvalue weighted by Gasteiger charge is -1.95. The van der Waals surface area contributed by atoms with E-state index in [0.29, 0.717) is 0 Å². The zero-order valence-corrected chi connectivity index (χ0v) is 8.61. The van der Waals surface area contributed by atoms with E-state index < -0.39 is 0 Å². The highest BCUT2D eigenvalue weighted by Crippen LogP contribution is 2.22. The molecule has 0 bridgehead atoms. The standard InChI is InChI=1S/C10H12N2S/c1-3-9-8-5-4-7(13-2)6-10(8)12-11-9/h4-6H,3H2,1-2H3,(H,11,12). The third-order valence-corrected chi connectivity index (χ3v) is 2.91. The van der Waals surface area contributed by atoms with Gasteiger partial charge in [-0.1, -0.05) is 6.92 Å². The van der Waals surface area contributed by atoms with Crippen LogP contribution in [-0.4, -0.2) is 16.5 Å². The Labute approximate surface area is 81.7 Å². The number of H-pyrrole nitrogens is 1.